The van der Waals surface area contributed by atoms with E-state index in [1.807, 2.05) is 0 Å². The molecular formula is C61H48N2. The molecule has 0 fully saturated rings. The molecule has 2 nitrogen and oxygen atoms in total. The van der Waals surface area contributed by atoms with E-state index in [1.54, 1.807) is 0 Å². The number of benzene rings is 10. The third kappa shape index (κ3) is 5.01. The third-order valence-electron chi connectivity index (χ3n) is 15.3. The van der Waals surface area contributed by atoms with Crippen molar-refractivity contribution in [2.75, 3.05) is 9.80 Å². The summed E-state index contributed by atoms with van der Waals surface area (Å²) in [5.74, 6) is 0. The standard InChI is InChI=1S/C61H48N2/c1-59(2)49-17-9-12-20-55(49)62(56-21-13-10-18-50(56)59)45-25-23-39-30-42-32-46(26-24-40(42)29-41(39)31-45)63-57-22-14-11-19-51(57)60(3,4)54-35-48-47-33-43-27-37-15-7-8-16-38(37)28-44(43)34-52(47)61(5,6)53(48)36-58(54)63/h7-36H,1-6H3. The van der Waals surface area contributed by atoms with E-state index in [1.165, 1.54) is 122 Å². The first-order valence-corrected chi connectivity index (χ1v) is 22.5. The minimum atomic E-state index is -0.201. The molecule has 1 aliphatic carbocycles. The Morgan fingerprint density at radius 3 is 1.14 bits per heavy atom. The number of hydrogen-bond donors (Lipinski definition) is 0. The molecule has 0 spiro atoms. The van der Waals surface area contributed by atoms with Crippen molar-refractivity contribution in [3.63, 3.8) is 0 Å². The lowest BCUT2D eigenvalue weighted by Crippen LogP contribution is -2.31. The van der Waals surface area contributed by atoms with Crippen LogP contribution in [-0.4, -0.2) is 0 Å². The predicted molar refractivity (Wildman–Crippen MR) is 268 cm³/mol. The second-order valence-electron chi connectivity index (χ2n) is 19.9. The van der Waals surface area contributed by atoms with Crippen molar-refractivity contribution in [3.8, 4) is 11.1 Å². The summed E-state index contributed by atoms with van der Waals surface area (Å²) >= 11 is 0. The fourth-order valence-corrected chi connectivity index (χ4v) is 11.8. The Hall–Kier alpha value is -7.16. The molecule has 0 N–H and O–H groups in total. The van der Waals surface area contributed by atoms with E-state index in [-0.39, 0.29) is 16.2 Å². The fourth-order valence-electron chi connectivity index (χ4n) is 11.8. The van der Waals surface area contributed by atoms with Crippen LogP contribution in [0.2, 0.25) is 0 Å². The van der Waals surface area contributed by atoms with Gasteiger partial charge in [0.15, 0.2) is 0 Å². The second kappa shape index (κ2) is 12.5. The first kappa shape index (κ1) is 36.5. The maximum Gasteiger partial charge on any atom is 0.0506 e. The van der Waals surface area contributed by atoms with Crippen molar-refractivity contribution in [1.29, 1.82) is 0 Å². The van der Waals surface area contributed by atoms with Gasteiger partial charge >= 0.3 is 0 Å². The molecular weight excluding hydrogens is 761 g/mol. The van der Waals surface area contributed by atoms with Crippen molar-refractivity contribution in [3.05, 3.63) is 215 Å². The minimum Gasteiger partial charge on any atom is -0.310 e. The monoisotopic (exact) mass is 808 g/mol. The van der Waals surface area contributed by atoms with Crippen LogP contribution < -0.4 is 9.80 Å². The highest BCUT2D eigenvalue weighted by Gasteiger charge is 2.43. The molecule has 3 aliphatic rings. The van der Waals surface area contributed by atoms with E-state index in [0.29, 0.717) is 0 Å². The van der Waals surface area contributed by atoms with Crippen LogP contribution in [0.3, 0.4) is 0 Å². The smallest absolute Gasteiger partial charge is 0.0506 e. The highest BCUT2D eigenvalue weighted by atomic mass is 15.2. The summed E-state index contributed by atoms with van der Waals surface area (Å²) < 4.78 is 0. The van der Waals surface area contributed by atoms with Gasteiger partial charge in [-0.25, -0.2) is 0 Å². The highest BCUT2D eigenvalue weighted by molar-refractivity contribution is 6.05. The van der Waals surface area contributed by atoms with Gasteiger partial charge in [0.25, 0.3) is 0 Å². The Bertz CT molecular complexity index is 3570. The predicted octanol–water partition coefficient (Wildman–Crippen LogP) is 16.8. The van der Waals surface area contributed by atoms with E-state index in [4.69, 9.17) is 0 Å². The zero-order valence-corrected chi connectivity index (χ0v) is 36.7. The second-order valence-corrected chi connectivity index (χ2v) is 19.9. The third-order valence-corrected chi connectivity index (χ3v) is 15.3. The molecule has 63 heavy (non-hydrogen) atoms. The Kier molecular flexibility index (Phi) is 7.23. The van der Waals surface area contributed by atoms with Crippen LogP contribution in [0.4, 0.5) is 34.1 Å². The van der Waals surface area contributed by atoms with Gasteiger partial charge in [-0.1, -0.05) is 133 Å². The molecule has 13 rings (SSSR count). The zero-order chi connectivity index (χ0) is 42.6. The van der Waals surface area contributed by atoms with Gasteiger partial charge in [0.1, 0.15) is 0 Å². The van der Waals surface area contributed by atoms with Crippen LogP contribution in [0.5, 0.6) is 0 Å². The van der Waals surface area contributed by atoms with Gasteiger partial charge < -0.3 is 9.80 Å². The summed E-state index contributed by atoms with van der Waals surface area (Å²) in [6.07, 6.45) is 0. The normalized spacial score (nSPS) is 16.1. The summed E-state index contributed by atoms with van der Waals surface area (Å²) in [5, 5.41) is 10.1. The Morgan fingerprint density at radius 2 is 0.619 bits per heavy atom. The van der Waals surface area contributed by atoms with Crippen LogP contribution in [0.15, 0.2) is 182 Å². The first-order valence-electron chi connectivity index (χ1n) is 22.5. The van der Waals surface area contributed by atoms with Crippen LogP contribution in [0, 0.1) is 0 Å². The number of fused-ring (bicyclic) bond motifs is 11. The number of rotatable bonds is 2. The van der Waals surface area contributed by atoms with Crippen molar-refractivity contribution >= 4 is 77.2 Å². The SMILES string of the molecule is CC1(C)c2cc3c(cc2-c2cc4cc5ccccc5cc4cc21)C(C)(C)c1ccccc1N3c1ccc2cc3cc(N4c5ccccc5C(C)(C)c5ccccc54)ccc3cc2c1. The molecule has 2 heteroatoms. The molecule has 10 aromatic carbocycles. The van der Waals surface area contributed by atoms with E-state index in [9.17, 15) is 0 Å². The Balaban J connectivity index is 0.949. The molecule has 0 saturated heterocycles. The molecule has 0 amide bonds. The van der Waals surface area contributed by atoms with E-state index in [0.717, 1.165) is 0 Å². The maximum atomic E-state index is 2.54. The quantitative estimate of drug-likeness (QED) is 0.161. The molecule has 10 aromatic rings. The largest absolute Gasteiger partial charge is 0.310 e. The number of nitrogens with zero attached hydrogens (tertiary/aromatic N) is 2. The van der Waals surface area contributed by atoms with Gasteiger partial charge in [-0.15, -0.1) is 0 Å². The van der Waals surface area contributed by atoms with Gasteiger partial charge in [0, 0.05) is 27.6 Å². The lowest BCUT2D eigenvalue weighted by atomic mass is 9.71. The fraction of sp³-hybridized carbons (Fsp3) is 0.148. The van der Waals surface area contributed by atoms with Crippen LogP contribution in [0.1, 0.15) is 74.9 Å². The molecule has 0 aromatic heterocycles. The van der Waals surface area contributed by atoms with Gasteiger partial charge in [-0.05, 0) is 179 Å². The van der Waals surface area contributed by atoms with Crippen LogP contribution in [-0.2, 0) is 16.2 Å². The summed E-state index contributed by atoms with van der Waals surface area (Å²) in [4.78, 5) is 4.99. The lowest BCUT2D eigenvalue weighted by Gasteiger charge is -2.43. The van der Waals surface area contributed by atoms with Crippen LogP contribution in [0.25, 0.3) is 54.2 Å². The van der Waals surface area contributed by atoms with Crippen molar-refractivity contribution in [2.45, 2.75) is 57.8 Å². The van der Waals surface area contributed by atoms with E-state index >= 15 is 0 Å². The number of hydrogen-bond acceptors (Lipinski definition) is 2. The van der Waals surface area contributed by atoms with Crippen molar-refractivity contribution in [2.24, 2.45) is 0 Å². The molecule has 0 bridgehead atoms. The average Bonchev–Trinajstić information content (AvgIpc) is 3.50. The maximum absolute atomic E-state index is 2.54. The van der Waals surface area contributed by atoms with E-state index in [2.05, 4.69) is 233 Å². The van der Waals surface area contributed by atoms with Gasteiger partial charge in [0.2, 0.25) is 0 Å². The summed E-state index contributed by atoms with van der Waals surface area (Å²) in [6, 6.07) is 69.1. The summed E-state index contributed by atoms with van der Waals surface area (Å²) in [5.41, 5.74) is 17.8. The number of anilines is 6. The molecule has 302 valence electrons. The van der Waals surface area contributed by atoms with Crippen LogP contribution >= 0.6 is 0 Å². The molecule has 0 unspecified atom stereocenters. The molecule has 0 atom stereocenters. The van der Waals surface area contributed by atoms with Gasteiger partial charge in [-0.2, -0.15) is 0 Å². The topological polar surface area (TPSA) is 6.48 Å². The van der Waals surface area contributed by atoms with E-state index < -0.39 is 0 Å². The summed E-state index contributed by atoms with van der Waals surface area (Å²) in [6.45, 7) is 14.3. The minimum absolute atomic E-state index is 0.0914. The Labute approximate surface area is 369 Å². The average molecular weight is 809 g/mol. The van der Waals surface area contributed by atoms with Gasteiger partial charge in [0.05, 0.1) is 22.7 Å². The summed E-state index contributed by atoms with van der Waals surface area (Å²) in [7, 11) is 0. The van der Waals surface area contributed by atoms with Crippen molar-refractivity contribution in [1.82, 2.24) is 0 Å². The molecule has 2 heterocycles. The first-order chi connectivity index (χ1) is 30.5. The highest BCUT2D eigenvalue weighted by Crippen LogP contribution is 2.58. The molecule has 2 aliphatic heterocycles. The molecule has 0 saturated carbocycles. The number of para-hydroxylation sites is 3. The van der Waals surface area contributed by atoms with Gasteiger partial charge in [-0.3, -0.25) is 0 Å². The van der Waals surface area contributed by atoms with Crippen molar-refractivity contribution < 1.29 is 0 Å². The zero-order valence-electron chi connectivity index (χ0n) is 36.7. The molecule has 0 radical (unpaired) electrons. The Morgan fingerprint density at radius 1 is 0.254 bits per heavy atom. The lowest BCUT2D eigenvalue weighted by molar-refractivity contribution is 0.627.